The number of carbonyl (C=O) groups is 1. The number of hydrogen-bond acceptors (Lipinski definition) is 5. The van der Waals surface area contributed by atoms with Crippen molar-refractivity contribution in [2.75, 3.05) is 13.1 Å². The van der Waals surface area contributed by atoms with Crippen LogP contribution >= 0.6 is 0 Å². The molecule has 1 aliphatic rings. The van der Waals surface area contributed by atoms with Crippen molar-refractivity contribution in [3.05, 3.63) is 30.4 Å². The Morgan fingerprint density at radius 1 is 1.44 bits per heavy atom. The van der Waals surface area contributed by atoms with Gasteiger partial charge in [0.15, 0.2) is 5.65 Å². The molecule has 2 aromatic rings. The van der Waals surface area contributed by atoms with E-state index in [1.54, 1.807) is 12.3 Å². The van der Waals surface area contributed by atoms with Crippen LogP contribution in [0.1, 0.15) is 16.9 Å². The maximum Gasteiger partial charge on any atom is 0.270 e. The van der Waals surface area contributed by atoms with E-state index in [1.807, 2.05) is 6.07 Å². The second-order valence-electron chi connectivity index (χ2n) is 4.30. The quantitative estimate of drug-likeness (QED) is 0.783. The van der Waals surface area contributed by atoms with Gasteiger partial charge in [-0.05, 0) is 25.1 Å². The molecule has 0 aliphatic carbocycles. The molecule has 6 heteroatoms. The van der Waals surface area contributed by atoms with E-state index in [0.29, 0.717) is 11.3 Å². The van der Waals surface area contributed by atoms with Crippen LogP contribution in [-0.2, 0) is 0 Å². The summed E-state index contributed by atoms with van der Waals surface area (Å²) in [5, 5.41) is 6.99. The Hall–Kier alpha value is -2.08. The van der Waals surface area contributed by atoms with Gasteiger partial charge in [-0.15, -0.1) is 0 Å². The normalized spacial score (nSPS) is 19.0. The summed E-state index contributed by atoms with van der Waals surface area (Å²) in [4.78, 5) is 24.2. The summed E-state index contributed by atoms with van der Waals surface area (Å²) >= 11 is 0. The van der Waals surface area contributed by atoms with Gasteiger partial charge >= 0.3 is 0 Å². The van der Waals surface area contributed by atoms with Crippen LogP contribution in [0.5, 0.6) is 0 Å². The average Bonchev–Trinajstić information content (AvgIpc) is 2.91. The van der Waals surface area contributed by atoms with Gasteiger partial charge in [-0.3, -0.25) is 4.79 Å². The Kier molecular flexibility index (Phi) is 2.85. The molecule has 6 nitrogen and oxygen atoms in total. The molecule has 1 aliphatic heterocycles. The van der Waals surface area contributed by atoms with E-state index in [9.17, 15) is 4.79 Å². The largest absolute Gasteiger partial charge is 0.347 e. The van der Waals surface area contributed by atoms with Gasteiger partial charge in [0, 0.05) is 24.2 Å². The van der Waals surface area contributed by atoms with Gasteiger partial charge in [-0.1, -0.05) is 0 Å². The summed E-state index contributed by atoms with van der Waals surface area (Å²) in [5.74, 6) is -0.149. The number of fused-ring (bicyclic) bond motifs is 1. The molecule has 1 atom stereocenters. The third-order valence-corrected chi connectivity index (χ3v) is 2.99. The second kappa shape index (κ2) is 4.66. The third kappa shape index (κ3) is 2.14. The predicted molar refractivity (Wildman–Crippen MR) is 66.1 cm³/mol. The van der Waals surface area contributed by atoms with Gasteiger partial charge in [0.25, 0.3) is 5.91 Å². The van der Waals surface area contributed by atoms with Crippen LogP contribution in [0, 0.1) is 0 Å². The fourth-order valence-corrected chi connectivity index (χ4v) is 2.03. The number of hydrogen-bond donors (Lipinski definition) is 2. The van der Waals surface area contributed by atoms with E-state index in [2.05, 4.69) is 25.6 Å². The van der Waals surface area contributed by atoms with Gasteiger partial charge in [-0.25, -0.2) is 15.0 Å². The molecule has 0 bridgehead atoms. The van der Waals surface area contributed by atoms with Gasteiger partial charge in [0.2, 0.25) is 0 Å². The highest BCUT2D eigenvalue weighted by Gasteiger charge is 2.18. The summed E-state index contributed by atoms with van der Waals surface area (Å²) < 4.78 is 0. The first kappa shape index (κ1) is 11.0. The lowest BCUT2D eigenvalue weighted by molar-refractivity contribution is 0.0935. The summed E-state index contributed by atoms with van der Waals surface area (Å²) in [5.41, 5.74) is 0.940. The van der Waals surface area contributed by atoms with Crippen molar-refractivity contribution in [2.24, 2.45) is 0 Å². The molecule has 0 spiro atoms. The van der Waals surface area contributed by atoms with Crippen LogP contribution in [0.2, 0.25) is 0 Å². The van der Waals surface area contributed by atoms with E-state index >= 15 is 0 Å². The van der Waals surface area contributed by atoms with Crippen molar-refractivity contribution >= 4 is 16.9 Å². The van der Waals surface area contributed by atoms with Gasteiger partial charge < -0.3 is 10.6 Å². The molecule has 18 heavy (non-hydrogen) atoms. The molecule has 2 aromatic heterocycles. The molecule has 1 amide bonds. The first-order valence-electron chi connectivity index (χ1n) is 5.91. The summed E-state index contributed by atoms with van der Waals surface area (Å²) in [6, 6.07) is 3.70. The Morgan fingerprint density at radius 2 is 2.39 bits per heavy atom. The molecular formula is C12H13N5O. The molecule has 2 N–H and O–H groups in total. The summed E-state index contributed by atoms with van der Waals surface area (Å²) in [7, 11) is 0. The zero-order valence-electron chi connectivity index (χ0n) is 9.76. The molecule has 1 saturated heterocycles. The first-order valence-corrected chi connectivity index (χ1v) is 5.91. The van der Waals surface area contributed by atoms with E-state index in [-0.39, 0.29) is 11.9 Å². The number of nitrogens with one attached hydrogen (secondary N) is 2. The fourth-order valence-electron chi connectivity index (χ4n) is 2.03. The Balaban J connectivity index is 1.82. The van der Waals surface area contributed by atoms with Gasteiger partial charge in [0.05, 0.1) is 0 Å². The second-order valence-corrected chi connectivity index (χ2v) is 4.30. The highest BCUT2D eigenvalue weighted by Crippen LogP contribution is 2.08. The summed E-state index contributed by atoms with van der Waals surface area (Å²) in [6.07, 6.45) is 4.07. The number of amides is 1. The van der Waals surface area contributed by atoms with E-state index in [4.69, 9.17) is 0 Å². The van der Waals surface area contributed by atoms with Crippen molar-refractivity contribution in [3.8, 4) is 0 Å². The lowest BCUT2D eigenvalue weighted by Crippen LogP contribution is -2.36. The summed E-state index contributed by atoms with van der Waals surface area (Å²) in [6.45, 7) is 1.77. The topological polar surface area (TPSA) is 79.8 Å². The minimum atomic E-state index is -0.149. The van der Waals surface area contributed by atoms with Gasteiger partial charge in [-0.2, -0.15) is 0 Å². The van der Waals surface area contributed by atoms with E-state index in [1.165, 1.54) is 6.33 Å². The number of rotatable bonds is 2. The van der Waals surface area contributed by atoms with Crippen molar-refractivity contribution in [3.63, 3.8) is 0 Å². The highest BCUT2D eigenvalue weighted by molar-refractivity contribution is 5.94. The molecule has 3 heterocycles. The Labute approximate surface area is 104 Å². The number of nitrogens with zero attached hydrogens (tertiary/aromatic N) is 3. The molecule has 0 aromatic carbocycles. The monoisotopic (exact) mass is 243 g/mol. The minimum absolute atomic E-state index is 0.149. The van der Waals surface area contributed by atoms with Crippen LogP contribution in [-0.4, -0.2) is 40.0 Å². The van der Waals surface area contributed by atoms with Crippen LogP contribution in [0.25, 0.3) is 11.0 Å². The number of pyridine rings is 1. The SMILES string of the molecule is O=C(NC1CCNC1)c1ccc2cncnc2n1. The van der Waals surface area contributed by atoms with Crippen LogP contribution in [0.4, 0.5) is 0 Å². The fraction of sp³-hybridized carbons (Fsp3) is 0.333. The van der Waals surface area contributed by atoms with E-state index in [0.717, 1.165) is 24.9 Å². The van der Waals surface area contributed by atoms with Crippen molar-refractivity contribution in [1.82, 2.24) is 25.6 Å². The van der Waals surface area contributed by atoms with Gasteiger partial charge in [0.1, 0.15) is 12.0 Å². The average molecular weight is 243 g/mol. The minimum Gasteiger partial charge on any atom is -0.347 e. The third-order valence-electron chi connectivity index (χ3n) is 2.99. The zero-order valence-corrected chi connectivity index (χ0v) is 9.76. The Morgan fingerprint density at radius 3 is 3.22 bits per heavy atom. The van der Waals surface area contributed by atoms with Crippen LogP contribution < -0.4 is 10.6 Å². The lowest BCUT2D eigenvalue weighted by atomic mass is 10.2. The molecule has 92 valence electrons. The number of aromatic nitrogens is 3. The number of carbonyl (C=O) groups excluding carboxylic acids is 1. The Bertz CT molecular complexity index is 579. The maximum atomic E-state index is 12.0. The first-order chi connectivity index (χ1) is 8.83. The standard InChI is InChI=1S/C12H13N5O/c18-12(16-9-3-4-13-6-9)10-2-1-8-5-14-7-15-11(8)17-10/h1-2,5,7,9,13H,3-4,6H2,(H,16,18). The molecule has 1 fully saturated rings. The molecular weight excluding hydrogens is 230 g/mol. The van der Waals surface area contributed by atoms with Crippen molar-refractivity contribution in [2.45, 2.75) is 12.5 Å². The van der Waals surface area contributed by atoms with Crippen LogP contribution in [0.3, 0.4) is 0 Å². The molecule has 1 unspecified atom stereocenters. The zero-order chi connectivity index (χ0) is 12.4. The van der Waals surface area contributed by atoms with E-state index < -0.39 is 0 Å². The van der Waals surface area contributed by atoms with Crippen LogP contribution in [0.15, 0.2) is 24.7 Å². The molecule has 3 rings (SSSR count). The predicted octanol–water partition coefficient (Wildman–Crippen LogP) is 0.116. The molecule has 0 radical (unpaired) electrons. The molecule has 0 saturated carbocycles. The van der Waals surface area contributed by atoms with Crippen molar-refractivity contribution in [1.29, 1.82) is 0 Å². The highest BCUT2D eigenvalue weighted by atomic mass is 16.1. The smallest absolute Gasteiger partial charge is 0.270 e. The lowest BCUT2D eigenvalue weighted by Gasteiger charge is -2.10. The maximum absolute atomic E-state index is 12.0. The van der Waals surface area contributed by atoms with Crippen molar-refractivity contribution < 1.29 is 4.79 Å².